The maximum absolute atomic E-state index is 12.8. The van der Waals surface area contributed by atoms with Gasteiger partial charge in [0, 0.05) is 17.9 Å². The monoisotopic (exact) mass is 345 g/mol. The Morgan fingerprint density at radius 2 is 2.08 bits per heavy atom. The van der Waals surface area contributed by atoms with Crippen molar-refractivity contribution in [1.29, 1.82) is 0 Å². The van der Waals surface area contributed by atoms with Crippen molar-refractivity contribution in [3.63, 3.8) is 0 Å². The molecule has 6 heteroatoms. The first kappa shape index (κ1) is 15.6. The maximum Gasteiger partial charge on any atom is 0.224 e. The number of amides is 1. The minimum atomic E-state index is -0.470. The fourth-order valence-electron chi connectivity index (χ4n) is 3.81. The average Bonchev–Trinajstić information content (AvgIpc) is 3.00. The van der Waals surface area contributed by atoms with Crippen molar-refractivity contribution in [1.82, 2.24) is 15.5 Å². The normalized spacial score (nSPS) is 24.8. The second-order valence-corrected chi connectivity index (χ2v) is 7.29. The van der Waals surface area contributed by atoms with E-state index in [2.05, 4.69) is 15.5 Å². The standard InChI is InChI=1S/C18H20ClN3O2/c1-11-20-17(22-24-11)18(8-4-5-9-18)21-16(23)14-10-13(14)12-6-2-3-7-15(12)19/h2-3,6-7,13-14H,4-5,8-10H2,1H3,(H,21,23)/t13-,14-/m0/s1. The molecule has 126 valence electrons. The highest BCUT2D eigenvalue weighted by Gasteiger charge is 2.49. The zero-order valence-electron chi connectivity index (χ0n) is 13.6. The van der Waals surface area contributed by atoms with Gasteiger partial charge in [0.05, 0.1) is 0 Å². The molecule has 1 aromatic carbocycles. The average molecular weight is 346 g/mol. The quantitative estimate of drug-likeness (QED) is 0.917. The van der Waals surface area contributed by atoms with Crippen molar-refractivity contribution >= 4 is 17.5 Å². The minimum Gasteiger partial charge on any atom is -0.343 e. The SMILES string of the molecule is Cc1nc(C2(NC(=O)[C@H]3C[C@H]3c3ccccc3Cl)CCCC2)no1. The highest BCUT2D eigenvalue weighted by Crippen LogP contribution is 2.50. The highest BCUT2D eigenvalue weighted by molar-refractivity contribution is 6.31. The van der Waals surface area contributed by atoms with E-state index in [1.54, 1.807) is 6.92 Å². The van der Waals surface area contributed by atoms with Gasteiger partial charge in [-0.15, -0.1) is 0 Å². The molecule has 0 bridgehead atoms. The summed E-state index contributed by atoms with van der Waals surface area (Å²) in [6.45, 7) is 1.77. The third-order valence-electron chi connectivity index (χ3n) is 5.21. The van der Waals surface area contributed by atoms with Crippen molar-refractivity contribution in [3.05, 3.63) is 46.6 Å². The molecule has 2 aromatic rings. The van der Waals surface area contributed by atoms with Crippen LogP contribution in [0.5, 0.6) is 0 Å². The number of hydrogen-bond donors (Lipinski definition) is 1. The van der Waals surface area contributed by atoms with Gasteiger partial charge >= 0.3 is 0 Å². The number of carbonyl (C=O) groups is 1. The fourth-order valence-corrected chi connectivity index (χ4v) is 4.09. The molecule has 2 saturated carbocycles. The van der Waals surface area contributed by atoms with Gasteiger partial charge < -0.3 is 9.84 Å². The highest BCUT2D eigenvalue weighted by atomic mass is 35.5. The van der Waals surface area contributed by atoms with Crippen LogP contribution in [-0.2, 0) is 10.3 Å². The lowest BCUT2D eigenvalue weighted by atomic mass is 9.96. The Morgan fingerprint density at radius 3 is 2.75 bits per heavy atom. The minimum absolute atomic E-state index is 0.0182. The van der Waals surface area contributed by atoms with Crippen molar-refractivity contribution in [2.24, 2.45) is 5.92 Å². The van der Waals surface area contributed by atoms with Gasteiger partial charge in [0.2, 0.25) is 11.8 Å². The third kappa shape index (κ3) is 2.71. The van der Waals surface area contributed by atoms with Gasteiger partial charge in [0.25, 0.3) is 0 Å². The van der Waals surface area contributed by atoms with E-state index in [1.165, 1.54) is 0 Å². The number of halogens is 1. The number of aryl methyl sites for hydroxylation is 1. The number of carbonyl (C=O) groups excluding carboxylic acids is 1. The number of nitrogens with zero attached hydrogens (tertiary/aromatic N) is 2. The first-order valence-corrected chi connectivity index (χ1v) is 8.84. The summed E-state index contributed by atoms with van der Waals surface area (Å²) in [5.41, 5.74) is 0.595. The summed E-state index contributed by atoms with van der Waals surface area (Å²) in [6, 6.07) is 7.77. The van der Waals surface area contributed by atoms with Crippen LogP contribution >= 0.6 is 11.6 Å². The van der Waals surface area contributed by atoms with E-state index in [1.807, 2.05) is 24.3 Å². The molecule has 5 nitrogen and oxygen atoms in total. The molecule has 4 rings (SSSR count). The summed E-state index contributed by atoms with van der Waals surface area (Å²) in [5.74, 6) is 1.41. The summed E-state index contributed by atoms with van der Waals surface area (Å²) in [4.78, 5) is 17.2. The Hall–Kier alpha value is -1.88. The molecule has 0 unspecified atom stereocenters. The number of rotatable bonds is 4. The largest absolute Gasteiger partial charge is 0.343 e. The van der Waals surface area contributed by atoms with Crippen LogP contribution in [0.2, 0.25) is 5.02 Å². The van der Waals surface area contributed by atoms with Crippen LogP contribution in [0.15, 0.2) is 28.8 Å². The van der Waals surface area contributed by atoms with E-state index in [0.29, 0.717) is 11.7 Å². The Bertz CT molecular complexity index is 767. The number of aromatic nitrogens is 2. The zero-order valence-corrected chi connectivity index (χ0v) is 14.3. The smallest absolute Gasteiger partial charge is 0.224 e. The molecule has 1 heterocycles. The summed E-state index contributed by atoms with van der Waals surface area (Å²) >= 11 is 6.26. The summed E-state index contributed by atoms with van der Waals surface area (Å²) < 4.78 is 5.14. The Morgan fingerprint density at radius 1 is 1.33 bits per heavy atom. The van der Waals surface area contributed by atoms with Gasteiger partial charge in [-0.2, -0.15) is 4.98 Å². The van der Waals surface area contributed by atoms with E-state index >= 15 is 0 Å². The predicted octanol–water partition coefficient (Wildman–Crippen LogP) is 3.72. The molecular weight excluding hydrogens is 326 g/mol. The van der Waals surface area contributed by atoms with Gasteiger partial charge in [0.1, 0.15) is 5.54 Å². The van der Waals surface area contributed by atoms with Gasteiger partial charge in [-0.3, -0.25) is 4.79 Å². The number of hydrogen-bond acceptors (Lipinski definition) is 4. The summed E-state index contributed by atoms with van der Waals surface area (Å²) in [6.07, 6.45) is 4.69. The molecule has 24 heavy (non-hydrogen) atoms. The van der Waals surface area contributed by atoms with Crippen LogP contribution in [0.4, 0.5) is 0 Å². The molecule has 1 N–H and O–H groups in total. The van der Waals surface area contributed by atoms with E-state index in [9.17, 15) is 4.79 Å². The van der Waals surface area contributed by atoms with E-state index in [4.69, 9.17) is 16.1 Å². The summed E-state index contributed by atoms with van der Waals surface area (Å²) in [5, 5.41) is 8.05. The van der Waals surface area contributed by atoms with E-state index < -0.39 is 5.54 Å². The fraction of sp³-hybridized carbons (Fsp3) is 0.500. The molecular formula is C18H20ClN3O2. The predicted molar refractivity (Wildman–Crippen MR) is 89.6 cm³/mol. The molecule has 2 aliphatic carbocycles. The lowest BCUT2D eigenvalue weighted by molar-refractivity contribution is -0.124. The molecule has 0 spiro atoms. The topological polar surface area (TPSA) is 68.0 Å². The van der Waals surface area contributed by atoms with Crippen LogP contribution in [0.25, 0.3) is 0 Å². The van der Waals surface area contributed by atoms with Crippen molar-refractivity contribution in [3.8, 4) is 0 Å². The lowest BCUT2D eigenvalue weighted by Gasteiger charge is -2.27. The molecule has 2 aliphatic rings. The molecule has 2 atom stereocenters. The number of nitrogens with one attached hydrogen (secondary N) is 1. The first-order valence-electron chi connectivity index (χ1n) is 8.46. The van der Waals surface area contributed by atoms with Crippen LogP contribution in [-0.4, -0.2) is 16.0 Å². The van der Waals surface area contributed by atoms with Crippen LogP contribution in [0.1, 0.15) is 55.3 Å². The van der Waals surface area contributed by atoms with Crippen LogP contribution in [0.3, 0.4) is 0 Å². The summed E-state index contributed by atoms with van der Waals surface area (Å²) in [7, 11) is 0. The van der Waals surface area contributed by atoms with Gasteiger partial charge in [-0.1, -0.05) is 47.8 Å². The zero-order chi connectivity index (χ0) is 16.7. The van der Waals surface area contributed by atoms with E-state index in [0.717, 1.165) is 42.7 Å². The van der Waals surface area contributed by atoms with Crippen molar-refractivity contribution < 1.29 is 9.32 Å². The molecule has 0 saturated heterocycles. The molecule has 0 radical (unpaired) electrons. The third-order valence-corrected chi connectivity index (χ3v) is 5.55. The maximum atomic E-state index is 12.8. The number of benzene rings is 1. The molecule has 2 fully saturated rings. The van der Waals surface area contributed by atoms with Crippen LogP contribution < -0.4 is 5.32 Å². The Labute approximate surface area is 145 Å². The van der Waals surface area contributed by atoms with Crippen LogP contribution in [0, 0.1) is 12.8 Å². The molecule has 1 amide bonds. The second kappa shape index (κ2) is 5.88. The van der Waals surface area contributed by atoms with E-state index in [-0.39, 0.29) is 17.7 Å². The van der Waals surface area contributed by atoms with Crippen molar-refractivity contribution in [2.75, 3.05) is 0 Å². The van der Waals surface area contributed by atoms with Gasteiger partial charge in [-0.05, 0) is 36.8 Å². The van der Waals surface area contributed by atoms with Gasteiger partial charge in [-0.25, -0.2) is 0 Å². The van der Waals surface area contributed by atoms with Crippen molar-refractivity contribution in [2.45, 2.75) is 50.5 Å². The lowest BCUT2D eigenvalue weighted by Crippen LogP contribution is -2.45. The second-order valence-electron chi connectivity index (χ2n) is 6.89. The Balaban J connectivity index is 1.50. The van der Waals surface area contributed by atoms with Gasteiger partial charge in [0.15, 0.2) is 5.82 Å². The Kier molecular flexibility index (Phi) is 3.83. The molecule has 1 aromatic heterocycles. The first-order chi connectivity index (χ1) is 11.6. The molecule has 0 aliphatic heterocycles.